The second-order valence-corrected chi connectivity index (χ2v) is 2.87. The van der Waals surface area contributed by atoms with Crippen LogP contribution in [0.2, 0.25) is 0 Å². The molecule has 1 unspecified atom stereocenters. The van der Waals surface area contributed by atoms with Gasteiger partial charge < -0.3 is 5.32 Å². The molecule has 0 aromatic carbocycles. The maximum atomic E-state index is 10.9. The molecule has 0 spiro atoms. The van der Waals surface area contributed by atoms with Gasteiger partial charge in [-0.2, -0.15) is 0 Å². The van der Waals surface area contributed by atoms with Crippen molar-refractivity contribution in [2.24, 2.45) is 10.9 Å². The molecule has 0 aromatic heterocycles. The number of nitrogens with one attached hydrogen (secondary N) is 1. The molecule has 11 heavy (non-hydrogen) atoms. The number of hydrogen-bond donors (Lipinski definition) is 1. The largest absolute Gasteiger partial charge is 0.314 e. The molecule has 1 atom stereocenters. The van der Waals surface area contributed by atoms with Crippen LogP contribution in [0.5, 0.6) is 0 Å². The summed E-state index contributed by atoms with van der Waals surface area (Å²) in [5.74, 6) is 1.36. The van der Waals surface area contributed by atoms with Crippen molar-refractivity contribution in [2.75, 3.05) is 6.54 Å². The first-order chi connectivity index (χ1) is 5.24. The Bertz CT molecular complexity index is 187. The molecule has 0 aliphatic carbocycles. The Morgan fingerprint density at radius 1 is 1.73 bits per heavy atom. The number of nitrogens with zero attached hydrogens (tertiary/aromatic N) is 1. The van der Waals surface area contributed by atoms with E-state index in [9.17, 15) is 4.79 Å². The molecule has 0 saturated heterocycles. The Labute approximate surface area is 66.9 Å². The Morgan fingerprint density at radius 2 is 2.45 bits per heavy atom. The van der Waals surface area contributed by atoms with E-state index in [-0.39, 0.29) is 5.91 Å². The quantitative estimate of drug-likeness (QED) is 0.632. The lowest BCUT2D eigenvalue weighted by Crippen LogP contribution is -2.38. The fourth-order valence-electron chi connectivity index (χ4n) is 0.995. The fourth-order valence-corrected chi connectivity index (χ4v) is 0.995. The maximum absolute atomic E-state index is 10.9. The van der Waals surface area contributed by atoms with E-state index in [0.29, 0.717) is 18.9 Å². The van der Waals surface area contributed by atoms with Gasteiger partial charge in [-0.25, -0.2) is 0 Å². The van der Waals surface area contributed by atoms with Crippen LogP contribution in [0.3, 0.4) is 0 Å². The molecule has 1 aliphatic heterocycles. The molecule has 3 nitrogen and oxygen atoms in total. The van der Waals surface area contributed by atoms with Crippen LogP contribution in [-0.4, -0.2) is 18.3 Å². The summed E-state index contributed by atoms with van der Waals surface area (Å²) in [6.45, 7) is 4.82. The normalized spacial score (nSPS) is 20.5. The summed E-state index contributed by atoms with van der Waals surface area (Å²) < 4.78 is 0. The van der Waals surface area contributed by atoms with E-state index in [2.05, 4.69) is 24.2 Å². The molecular formula is C8H14N2O. The Balaban J connectivity index is 2.57. The molecule has 0 radical (unpaired) electrons. The molecule has 0 fully saturated rings. The molecule has 1 rings (SSSR count). The summed E-state index contributed by atoms with van der Waals surface area (Å²) >= 11 is 0. The van der Waals surface area contributed by atoms with Gasteiger partial charge in [0.2, 0.25) is 5.91 Å². The lowest BCUT2D eigenvalue weighted by molar-refractivity contribution is -0.119. The first-order valence-electron chi connectivity index (χ1n) is 4.08. The number of aliphatic imine (C=N–C) groups is 1. The van der Waals surface area contributed by atoms with Gasteiger partial charge in [0.05, 0.1) is 0 Å². The molecule has 0 bridgehead atoms. The van der Waals surface area contributed by atoms with Gasteiger partial charge in [-0.1, -0.05) is 13.8 Å². The number of carbonyl (C=O) groups excluding carboxylic acids is 1. The minimum absolute atomic E-state index is 0.107. The van der Waals surface area contributed by atoms with Gasteiger partial charge in [0.25, 0.3) is 0 Å². The number of amides is 1. The third-order valence-electron chi connectivity index (χ3n) is 1.97. The molecule has 1 amide bonds. The van der Waals surface area contributed by atoms with Gasteiger partial charge in [0, 0.05) is 18.9 Å². The van der Waals surface area contributed by atoms with Crippen molar-refractivity contribution < 1.29 is 4.79 Å². The number of rotatable bonds is 2. The molecular weight excluding hydrogens is 140 g/mol. The van der Waals surface area contributed by atoms with Gasteiger partial charge in [0.15, 0.2) is 0 Å². The average molecular weight is 154 g/mol. The van der Waals surface area contributed by atoms with Crippen molar-refractivity contribution in [2.45, 2.75) is 26.7 Å². The summed E-state index contributed by atoms with van der Waals surface area (Å²) in [6.07, 6.45) is 1.57. The molecule has 1 N–H and O–H groups in total. The molecule has 3 heteroatoms. The van der Waals surface area contributed by atoms with Crippen LogP contribution < -0.4 is 5.32 Å². The van der Waals surface area contributed by atoms with Crippen LogP contribution in [0.15, 0.2) is 4.99 Å². The van der Waals surface area contributed by atoms with E-state index in [1.807, 2.05) is 0 Å². The molecule has 0 saturated carbocycles. The smallest absolute Gasteiger partial charge is 0.227 e. The molecule has 1 aliphatic rings. The highest BCUT2D eigenvalue weighted by Gasteiger charge is 2.15. The van der Waals surface area contributed by atoms with E-state index in [1.165, 1.54) is 0 Å². The standard InChI is InChI=1S/C8H14N2O/c1-3-6(2)8-9-5-4-7(11)10-8/h6H,3-5H2,1-2H3,(H,9,10,11). The average Bonchev–Trinajstić information content (AvgIpc) is 2.03. The highest BCUT2D eigenvalue weighted by atomic mass is 16.1. The maximum Gasteiger partial charge on any atom is 0.227 e. The van der Waals surface area contributed by atoms with Crippen LogP contribution in [-0.2, 0) is 4.79 Å². The first-order valence-corrected chi connectivity index (χ1v) is 4.08. The van der Waals surface area contributed by atoms with Crippen LogP contribution in [0, 0.1) is 5.92 Å². The molecule has 0 aromatic rings. The van der Waals surface area contributed by atoms with Crippen molar-refractivity contribution in [3.63, 3.8) is 0 Å². The summed E-state index contributed by atoms with van der Waals surface area (Å²) in [5.41, 5.74) is 0. The number of hydrogen-bond acceptors (Lipinski definition) is 2. The Morgan fingerprint density at radius 3 is 3.00 bits per heavy atom. The lowest BCUT2D eigenvalue weighted by atomic mass is 10.1. The number of carbonyl (C=O) groups is 1. The van der Waals surface area contributed by atoms with E-state index >= 15 is 0 Å². The summed E-state index contributed by atoms with van der Waals surface area (Å²) in [5, 5.41) is 2.78. The monoisotopic (exact) mass is 154 g/mol. The van der Waals surface area contributed by atoms with Crippen LogP contribution in [0.1, 0.15) is 26.7 Å². The van der Waals surface area contributed by atoms with Gasteiger partial charge in [0.1, 0.15) is 5.84 Å². The van der Waals surface area contributed by atoms with E-state index in [1.54, 1.807) is 0 Å². The van der Waals surface area contributed by atoms with Gasteiger partial charge in [-0.05, 0) is 6.42 Å². The lowest BCUT2D eigenvalue weighted by Gasteiger charge is -2.17. The van der Waals surface area contributed by atoms with Crippen molar-refractivity contribution in [3.8, 4) is 0 Å². The summed E-state index contributed by atoms with van der Waals surface area (Å²) in [4.78, 5) is 15.1. The second-order valence-electron chi connectivity index (χ2n) is 2.87. The Kier molecular flexibility index (Phi) is 2.63. The van der Waals surface area contributed by atoms with Gasteiger partial charge in [-0.3, -0.25) is 9.79 Å². The summed E-state index contributed by atoms with van der Waals surface area (Å²) in [7, 11) is 0. The van der Waals surface area contributed by atoms with Gasteiger partial charge in [-0.15, -0.1) is 0 Å². The third kappa shape index (κ3) is 2.03. The molecule has 62 valence electrons. The van der Waals surface area contributed by atoms with Gasteiger partial charge >= 0.3 is 0 Å². The fraction of sp³-hybridized carbons (Fsp3) is 0.750. The predicted molar refractivity (Wildman–Crippen MR) is 44.5 cm³/mol. The van der Waals surface area contributed by atoms with Crippen molar-refractivity contribution in [1.82, 2.24) is 5.32 Å². The molecule has 1 heterocycles. The zero-order valence-corrected chi connectivity index (χ0v) is 7.05. The predicted octanol–water partition coefficient (Wildman–Crippen LogP) is 0.951. The van der Waals surface area contributed by atoms with Crippen LogP contribution in [0.4, 0.5) is 0 Å². The second kappa shape index (κ2) is 3.51. The highest BCUT2D eigenvalue weighted by molar-refractivity contribution is 6.00. The summed E-state index contributed by atoms with van der Waals surface area (Å²) in [6, 6.07) is 0. The highest BCUT2D eigenvalue weighted by Crippen LogP contribution is 2.05. The zero-order chi connectivity index (χ0) is 8.27. The zero-order valence-electron chi connectivity index (χ0n) is 7.05. The SMILES string of the molecule is CCC(C)C1=NCCC(=O)N1. The van der Waals surface area contributed by atoms with Crippen LogP contribution in [0.25, 0.3) is 0 Å². The van der Waals surface area contributed by atoms with E-state index < -0.39 is 0 Å². The van der Waals surface area contributed by atoms with Crippen molar-refractivity contribution in [1.29, 1.82) is 0 Å². The van der Waals surface area contributed by atoms with E-state index in [0.717, 1.165) is 12.3 Å². The Hall–Kier alpha value is -0.860. The third-order valence-corrected chi connectivity index (χ3v) is 1.97. The van der Waals surface area contributed by atoms with Crippen molar-refractivity contribution in [3.05, 3.63) is 0 Å². The topological polar surface area (TPSA) is 41.5 Å². The number of amidine groups is 1. The minimum Gasteiger partial charge on any atom is -0.314 e. The van der Waals surface area contributed by atoms with Crippen LogP contribution >= 0.6 is 0 Å². The minimum atomic E-state index is 0.107. The first kappa shape index (κ1) is 8.24. The van der Waals surface area contributed by atoms with E-state index in [4.69, 9.17) is 0 Å². The van der Waals surface area contributed by atoms with Crippen molar-refractivity contribution >= 4 is 11.7 Å².